The van der Waals surface area contributed by atoms with Gasteiger partial charge >= 0.3 is 0 Å². The first-order valence-corrected chi connectivity index (χ1v) is 5.68. The van der Waals surface area contributed by atoms with Gasteiger partial charge < -0.3 is 10.1 Å². The van der Waals surface area contributed by atoms with Crippen LogP contribution in [0.2, 0.25) is 0 Å². The number of likely N-dealkylation sites (N-methyl/N-ethyl adjacent to an activating group) is 1. The van der Waals surface area contributed by atoms with Gasteiger partial charge in [-0.3, -0.25) is 0 Å². The Balaban J connectivity index is 2.23. The fraction of sp³-hybridized carbons (Fsp3) is 0.538. The highest BCUT2D eigenvalue weighted by Gasteiger charge is 2.22. The molecule has 0 aromatic heterocycles. The summed E-state index contributed by atoms with van der Waals surface area (Å²) >= 11 is 0. The molecule has 0 fully saturated rings. The number of benzene rings is 1. The quantitative estimate of drug-likeness (QED) is 0.815. The van der Waals surface area contributed by atoms with Crippen LogP contribution in [0.4, 0.5) is 0 Å². The monoisotopic (exact) mass is 205 g/mol. The molecule has 0 spiro atoms. The minimum Gasteiger partial charge on any atom is -0.488 e. The highest BCUT2D eigenvalue weighted by molar-refractivity contribution is 5.45. The number of hydrogen-bond donors (Lipinski definition) is 1. The Kier molecular flexibility index (Phi) is 2.96. The van der Waals surface area contributed by atoms with E-state index in [1.807, 2.05) is 7.05 Å². The molecule has 1 atom stereocenters. The summed E-state index contributed by atoms with van der Waals surface area (Å²) in [6, 6.07) is 4.49. The van der Waals surface area contributed by atoms with Crippen LogP contribution in [-0.2, 0) is 12.8 Å². The van der Waals surface area contributed by atoms with E-state index in [4.69, 9.17) is 4.74 Å². The third-order valence-corrected chi connectivity index (χ3v) is 3.07. The molecule has 0 radical (unpaired) electrons. The number of ether oxygens (including phenoxy) is 1. The molecule has 0 saturated carbocycles. The minimum absolute atomic E-state index is 0.316. The summed E-state index contributed by atoms with van der Waals surface area (Å²) in [5.41, 5.74) is 4.16. The van der Waals surface area contributed by atoms with Crippen LogP contribution < -0.4 is 10.1 Å². The molecule has 1 aromatic rings. The van der Waals surface area contributed by atoms with Gasteiger partial charge in [0.2, 0.25) is 0 Å². The first-order valence-electron chi connectivity index (χ1n) is 5.68. The lowest BCUT2D eigenvalue weighted by atomic mass is 10.0. The molecule has 1 N–H and O–H groups in total. The fourth-order valence-electron chi connectivity index (χ4n) is 2.25. The lowest BCUT2D eigenvalue weighted by molar-refractivity contribution is 0.231. The second kappa shape index (κ2) is 4.23. The lowest BCUT2D eigenvalue weighted by Crippen LogP contribution is -2.27. The van der Waals surface area contributed by atoms with Gasteiger partial charge in [-0.05, 0) is 43.1 Å². The maximum atomic E-state index is 5.88. The lowest BCUT2D eigenvalue weighted by Gasteiger charge is -2.09. The van der Waals surface area contributed by atoms with Gasteiger partial charge in [-0.2, -0.15) is 0 Å². The van der Waals surface area contributed by atoms with E-state index in [1.54, 1.807) is 0 Å². The predicted octanol–water partition coefficient (Wildman–Crippen LogP) is 2.08. The molecule has 2 rings (SSSR count). The van der Waals surface area contributed by atoms with E-state index >= 15 is 0 Å². The maximum Gasteiger partial charge on any atom is 0.123 e. The standard InChI is InChI=1S/C13H19NO/c1-4-10-7-13-11(5-9(10)2)6-12(15-13)8-14-3/h5,7,12,14H,4,6,8H2,1-3H3. The largest absolute Gasteiger partial charge is 0.488 e. The summed E-state index contributed by atoms with van der Waals surface area (Å²) in [7, 11) is 1.97. The van der Waals surface area contributed by atoms with E-state index in [9.17, 15) is 0 Å². The third-order valence-electron chi connectivity index (χ3n) is 3.07. The molecule has 1 aliphatic heterocycles. The van der Waals surface area contributed by atoms with Gasteiger partial charge in [-0.25, -0.2) is 0 Å². The van der Waals surface area contributed by atoms with E-state index in [0.717, 1.165) is 25.1 Å². The smallest absolute Gasteiger partial charge is 0.123 e. The number of fused-ring (bicyclic) bond motifs is 1. The molecule has 15 heavy (non-hydrogen) atoms. The van der Waals surface area contributed by atoms with Crippen LogP contribution >= 0.6 is 0 Å². The van der Waals surface area contributed by atoms with Gasteiger partial charge in [0.1, 0.15) is 11.9 Å². The van der Waals surface area contributed by atoms with Crippen LogP contribution in [0.1, 0.15) is 23.6 Å². The summed E-state index contributed by atoms with van der Waals surface area (Å²) in [6.45, 7) is 5.30. The third kappa shape index (κ3) is 2.00. The van der Waals surface area contributed by atoms with E-state index in [0.29, 0.717) is 6.10 Å². The van der Waals surface area contributed by atoms with Crippen molar-refractivity contribution in [1.29, 1.82) is 0 Å². The van der Waals surface area contributed by atoms with E-state index in [-0.39, 0.29) is 0 Å². The number of rotatable bonds is 3. The van der Waals surface area contributed by atoms with Gasteiger partial charge in [0.15, 0.2) is 0 Å². The second-order valence-corrected chi connectivity index (χ2v) is 4.24. The van der Waals surface area contributed by atoms with Crippen LogP contribution in [-0.4, -0.2) is 19.7 Å². The van der Waals surface area contributed by atoms with E-state index < -0.39 is 0 Å². The molecule has 1 aliphatic rings. The van der Waals surface area contributed by atoms with Crippen molar-refractivity contribution in [3.63, 3.8) is 0 Å². The summed E-state index contributed by atoms with van der Waals surface area (Å²) in [5, 5.41) is 3.16. The molecule has 0 amide bonds. The number of aryl methyl sites for hydroxylation is 2. The Morgan fingerprint density at radius 1 is 1.47 bits per heavy atom. The molecular formula is C13H19NO. The SMILES string of the molecule is CCc1cc2c(cc1C)CC(CNC)O2. The van der Waals surface area contributed by atoms with Gasteiger partial charge in [-0.15, -0.1) is 0 Å². The van der Waals surface area contributed by atoms with Gasteiger partial charge in [-0.1, -0.05) is 13.0 Å². The Bertz CT molecular complexity index is 360. The molecule has 1 unspecified atom stereocenters. The van der Waals surface area contributed by atoms with Crippen LogP contribution in [0.5, 0.6) is 5.75 Å². The highest BCUT2D eigenvalue weighted by atomic mass is 16.5. The molecular weight excluding hydrogens is 186 g/mol. The molecule has 2 heteroatoms. The van der Waals surface area contributed by atoms with Crippen molar-refractivity contribution in [3.05, 3.63) is 28.8 Å². The van der Waals surface area contributed by atoms with Crippen LogP contribution in [0.3, 0.4) is 0 Å². The topological polar surface area (TPSA) is 21.3 Å². The van der Waals surface area contributed by atoms with Crippen molar-refractivity contribution < 1.29 is 4.74 Å². The molecule has 0 saturated heterocycles. The zero-order valence-electron chi connectivity index (χ0n) is 9.76. The van der Waals surface area contributed by atoms with Gasteiger partial charge in [0.25, 0.3) is 0 Å². The molecule has 0 bridgehead atoms. The Hall–Kier alpha value is -1.02. The van der Waals surface area contributed by atoms with Crippen molar-refractivity contribution in [2.45, 2.75) is 32.8 Å². The van der Waals surface area contributed by atoms with E-state index in [1.165, 1.54) is 16.7 Å². The molecule has 2 nitrogen and oxygen atoms in total. The summed E-state index contributed by atoms with van der Waals surface area (Å²) in [5.74, 6) is 1.10. The molecule has 0 aliphatic carbocycles. The minimum atomic E-state index is 0.316. The Morgan fingerprint density at radius 3 is 2.93 bits per heavy atom. The molecule has 1 heterocycles. The highest BCUT2D eigenvalue weighted by Crippen LogP contribution is 2.31. The average molecular weight is 205 g/mol. The van der Waals surface area contributed by atoms with Crippen LogP contribution in [0, 0.1) is 6.92 Å². The first kappa shape index (κ1) is 10.5. The zero-order valence-corrected chi connectivity index (χ0v) is 9.76. The number of hydrogen-bond acceptors (Lipinski definition) is 2. The van der Waals surface area contributed by atoms with Crippen molar-refractivity contribution in [2.75, 3.05) is 13.6 Å². The number of nitrogens with one attached hydrogen (secondary N) is 1. The van der Waals surface area contributed by atoms with Crippen LogP contribution in [0.25, 0.3) is 0 Å². The fourth-order valence-corrected chi connectivity index (χ4v) is 2.25. The first-order chi connectivity index (χ1) is 7.24. The van der Waals surface area contributed by atoms with E-state index in [2.05, 4.69) is 31.3 Å². The summed E-state index contributed by atoms with van der Waals surface area (Å²) in [4.78, 5) is 0. The Labute approximate surface area is 91.6 Å². The average Bonchev–Trinajstić information content (AvgIpc) is 2.58. The summed E-state index contributed by atoms with van der Waals surface area (Å²) in [6.07, 6.45) is 2.44. The summed E-state index contributed by atoms with van der Waals surface area (Å²) < 4.78 is 5.88. The van der Waals surface area contributed by atoms with Crippen LogP contribution in [0.15, 0.2) is 12.1 Å². The Morgan fingerprint density at radius 2 is 2.27 bits per heavy atom. The molecule has 1 aromatic carbocycles. The van der Waals surface area contributed by atoms with Crippen molar-refractivity contribution in [1.82, 2.24) is 5.32 Å². The van der Waals surface area contributed by atoms with Gasteiger partial charge in [0.05, 0.1) is 0 Å². The molecule has 82 valence electrons. The van der Waals surface area contributed by atoms with Crippen molar-refractivity contribution in [3.8, 4) is 5.75 Å². The van der Waals surface area contributed by atoms with Crippen molar-refractivity contribution >= 4 is 0 Å². The maximum absolute atomic E-state index is 5.88. The zero-order chi connectivity index (χ0) is 10.8. The van der Waals surface area contributed by atoms with Gasteiger partial charge in [0, 0.05) is 13.0 Å². The normalized spacial score (nSPS) is 18.7. The second-order valence-electron chi connectivity index (χ2n) is 4.24. The van der Waals surface area contributed by atoms with Crippen molar-refractivity contribution in [2.24, 2.45) is 0 Å². The predicted molar refractivity (Wildman–Crippen MR) is 62.6 cm³/mol.